The summed E-state index contributed by atoms with van der Waals surface area (Å²) >= 11 is 0. The first kappa shape index (κ1) is 20.6. The Bertz CT molecular complexity index is 1040. The van der Waals surface area contributed by atoms with Crippen LogP contribution in [0.15, 0.2) is 42.5 Å². The number of ether oxygens (including phenoxy) is 3. The predicted octanol–water partition coefficient (Wildman–Crippen LogP) is 2.65. The lowest BCUT2D eigenvalue weighted by Crippen LogP contribution is -2.59. The molecule has 2 fully saturated rings. The number of carbonyl (C=O) groups is 2. The lowest BCUT2D eigenvalue weighted by molar-refractivity contribution is -0.0393. The highest BCUT2D eigenvalue weighted by molar-refractivity contribution is 6.02. The number of fused-ring (bicyclic) bond motifs is 1. The number of carbonyl (C=O) groups excluding carboxylic acids is 2. The van der Waals surface area contributed by atoms with Gasteiger partial charge < -0.3 is 29.7 Å². The molecule has 1 atom stereocenters. The lowest BCUT2D eigenvalue weighted by Gasteiger charge is -2.41. The van der Waals surface area contributed by atoms with Crippen molar-refractivity contribution in [3.05, 3.63) is 53.6 Å². The summed E-state index contributed by atoms with van der Waals surface area (Å²) in [5.41, 5.74) is 0.908. The largest absolute Gasteiger partial charge is 0.496 e. The maximum atomic E-state index is 13.3. The summed E-state index contributed by atoms with van der Waals surface area (Å²) in [6.07, 6.45) is 2.04. The highest BCUT2D eigenvalue weighted by atomic mass is 16.5. The average molecular weight is 437 g/mol. The first-order valence-corrected chi connectivity index (χ1v) is 10.8. The number of benzene rings is 2. The van der Waals surface area contributed by atoms with Crippen LogP contribution in [0.5, 0.6) is 11.5 Å². The minimum atomic E-state index is -0.622. The van der Waals surface area contributed by atoms with Gasteiger partial charge in [-0.3, -0.25) is 9.59 Å². The Morgan fingerprint density at radius 2 is 1.69 bits per heavy atom. The molecule has 0 saturated carbocycles. The molecule has 3 aliphatic heterocycles. The van der Waals surface area contributed by atoms with E-state index in [-0.39, 0.29) is 17.4 Å². The van der Waals surface area contributed by atoms with Crippen LogP contribution in [-0.4, -0.2) is 61.9 Å². The van der Waals surface area contributed by atoms with E-state index in [1.54, 1.807) is 32.4 Å². The molecule has 168 valence electrons. The number of hydrogen-bond donors (Lipinski definition) is 2. The van der Waals surface area contributed by atoms with Crippen molar-refractivity contribution in [2.24, 2.45) is 0 Å². The summed E-state index contributed by atoms with van der Waals surface area (Å²) in [7, 11) is 3.10. The number of piperidine rings is 1. The summed E-state index contributed by atoms with van der Waals surface area (Å²) in [6.45, 7) is 1.50. The molecule has 2 aromatic carbocycles. The normalized spacial score (nSPS) is 23.4. The van der Waals surface area contributed by atoms with Gasteiger partial charge in [0.05, 0.1) is 32.0 Å². The van der Waals surface area contributed by atoms with E-state index in [1.165, 1.54) is 0 Å². The number of methoxy groups -OCH3 is 2. The van der Waals surface area contributed by atoms with E-state index in [0.29, 0.717) is 61.6 Å². The van der Waals surface area contributed by atoms with Crippen LogP contribution in [0.4, 0.5) is 5.69 Å². The van der Waals surface area contributed by atoms with Gasteiger partial charge in [0.1, 0.15) is 22.7 Å². The topological polar surface area (TPSA) is 89.1 Å². The second kappa shape index (κ2) is 7.70. The number of nitrogens with zero attached hydrogens (tertiary/aromatic N) is 1. The van der Waals surface area contributed by atoms with E-state index in [2.05, 4.69) is 10.6 Å². The molecule has 3 aliphatic rings. The molecule has 0 radical (unpaired) electrons. The molecular formula is C24H27N3O5. The Morgan fingerprint density at radius 3 is 2.38 bits per heavy atom. The van der Waals surface area contributed by atoms with Gasteiger partial charge in [-0.05, 0) is 37.1 Å². The van der Waals surface area contributed by atoms with E-state index in [4.69, 9.17) is 14.2 Å². The van der Waals surface area contributed by atoms with Gasteiger partial charge in [0.15, 0.2) is 0 Å². The first-order valence-electron chi connectivity index (χ1n) is 10.8. The maximum Gasteiger partial charge on any atom is 0.261 e. The second-order valence-corrected chi connectivity index (χ2v) is 8.69. The van der Waals surface area contributed by atoms with Gasteiger partial charge in [0.25, 0.3) is 11.8 Å². The quantitative estimate of drug-likeness (QED) is 0.768. The van der Waals surface area contributed by atoms with Crippen molar-refractivity contribution in [3.63, 3.8) is 0 Å². The molecule has 0 bridgehead atoms. The predicted molar refractivity (Wildman–Crippen MR) is 118 cm³/mol. The van der Waals surface area contributed by atoms with Gasteiger partial charge in [-0.2, -0.15) is 0 Å². The highest BCUT2D eigenvalue weighted by Crippen LogP contribution is 2.43. The molecule has 8 nitrogen and oxygen atoms in total. The Hall–Kier alpha value is -3.26. The molecule has 0 aromatic heterocycles. The van der Waals surface area contributed by atoms with Crippen molar-refractivity contribution in [1.82, 2.24) is 10.2 Å². The van der Waals surface area contributed by atoms with E-state index >= 15 is 0 Å². The van der Waals surface area contributed by atoms with Gasteiger partial charge in [0, 0.05) is 25.2 Å². The molecule has 3 heterocycles. The highest BCUT2D eigenvalue weighted by Gasteiger charge is 2.53. The summed E-state index contributed by atoms with van der Waals surface area (Å²) in [5.74, 6) is 0.799. The number of anilines is 1. The molecule has 5 rings (SSSR count). The smallest absolute Gasteiger partial charge is 0.261 e. The summed E-state index contributed by atoms with van der Waals surface area (Å²) < 4.78 is 17.1. The number of amides is 2. The molecule has 8 heteroatoms. The van der Waals surface area contributed by atoms with Crippen molar-refractivity contribution in [3.8, 4) is 11.5 Å². The number of likely N-dealkylation sites (tertiary alicyclic amines) is 1. The minimum absolute atomic E-state index is 0.0871. The molecule has 2 N–H and O–H groups in total. The fraction of sp³-hybridized carbons (Fsp3) is 0.417. The zero-order valence-electron chi connectivity index (χ0n) is 18.3. The van der Waals surface area contributed by atoms with Crippen molar-refractivity contribution < 1.29 is 23.8 Å². The average Bonchev–Trinajstić information content (AvgIpc) is 3.15. The molecule has 2 saturated heterocycles. The fourth-order valence-electron chi connectivity index (χ4n) is 5.11. The molecule has 32 heavy (non-hydrogen) atoms. The van der Waals surface area contributed by atoms with Crippen LogP contribution in [0.3, 0.4) is 0 Å². The summed E-state index contributed by atoms with van der Waals surface area (Å²) in [5, 5.41) is 6.61. The Labute approximate surface area is 186 Å². The Morgan fingerprint density at radius 1 is 1.00 bits per heavy atom. The van der Waals surface area contributed by atoms with Gasteiger partial charge in [-0.25, -0.2) is 0 Å². The van der Waals surface area contributed by atoms with E-state index < -0.39 is 5.66 Å². The number of rotatable bonds is 3. The van der Waals surface area contributed by atoms with Crippen LogP contribution < -0.4 is 20.1 Å². The molecule has 2 spiro atoms. The van der Waals surface area contributed by atoms with E-state index in [9.17, 15) is 9.59 Å². The van der Waals surface area contributed by atoms with E-state index in [1.807, 2.05) is 29.2 Å². The van der Waals surface area contributed by atoms with Crippen LogP contribution >= 0.6 is 0 Å². The van der Waals surface area contributed by atoms with Crippen LogP contribution in [0.1, 0.15) is 40.0 Å². The van der Waals surface area contributed by atoms with Gasteiger partial charge in [0.2, 0.25) is 0 Å². The Balaban J connectivity index is 1.30. The standard InChI is InChI=1S/C24H27N3O5/c1-30-18-8-5-9-19(31-2)20(18)22(29)27-12-10-23(11-13-27)14-24(15-32-23)25-17-7-4-3-6-16(17)21(28)26-24/h3-9,25H,10-15H2,1-2H3,(H,26,28). The maximum absolute atomic E-state index is 13.3. The zero-order valence-corrected chi connectivity index (χ0v) is 18.3. The fourth-order valence-corrected chi connectivity index (χ4v) is 5.11. The van der Waals surface area contributed by atoms with Crippen molar-refractivity contribution in [1.29, 1.82) is 0 Å². The number of hydrogen-bond acceptors (Lipinski definition) is 6. The second-order valence-electron chi connectivity index (χ2n) is 8.69. The van der Waals surface area contributed by atoms with Crippen LogP contribution in [-0.2, 0) is 4.74 Å². The van der Waals surface area contributed by atoms with Gasteiger partial charge in [-0.1, -0.05) is 18.2 Å². The molecule has 1 unspecified atom stereocenters. The van der Waals surface area contributed by atoms with E-state index in [0.717, 1.165) is 5.69 Å². The van der Waals surface area contributed by atoms with Crippen LogP contribution in [0.25, 0.3) is 0 Å². The third kappa shape index (κ3) is 3.35. The van der Waals surface area contributed by atoms with Crippen LogP contribution in [0, 0.1) is 0 Å². The summed E-state index contributed by atoms with van der Waals surface area (Å²) in [6, 6.07) is 12.8. The first-order chi connectivity index (χ1) is 15.5. The summed E-state index contributed by atoms with van der Waals surface area (Å²) in [4.78, 5) is 27.8. The number of para-hydroxylation sites is 1. The Kier molecular flexibility index (Phi) is 4.97. The van der Waals surface area contributed by atoms with Crippen molar-refractivity contribution >= 4 is 17.5 Å². The van der Waals surface area contributed by atoms with Crippen molar-refractivity contribution in [2.75, 3.05) is 39.2 Å². The van der Waals surface area contributed by atoms with Gasteiger partial charge in [-0.15, -0.1) is 0 Å². The number of nitrogens with one attached hydrogen (secondary N) is 2. The van der Waals surface area contributed by atoms with Crippen molar-refractivity contribution in [2.45, 2.75) is 30.5 Å². The monoisotopic (exact) mass is 437 g/mol. The lowest BCUT2D eigenvalue weighted by atomic mass is 9.84. The minimum Gasteiger partial charge on any atom is -0.496 e. The van der Waals surface area contributed by atoms with Crippen LogP contribution in [0.2, 0.25) is 0 Å². The van der Waals surface area contributed by atoms with Gasteiger partial charge >= 0.3 is 0 Å². The zero-order chi connectivity index (χ0) is 22.3. The SMILES string of the molecule is COc1cccc(OC)c1C(=O)N1CCC2(CC1)CC1(CO2)NC(=O)c2ccccc2N1. The third-order valence-electron chi connectivity index (χ3n) is 6.75. The third-order valence-corrected chi connectivity index (χ3v) is 6.75. The molecular weight excluding hydrogens is 410 g/mol. The molecule has 2 aromatic rings. The molecule has 2 amide bonds. The molecule has 0 aliphatic carbocycles.